The Balaban J connectivity index is 1.17. The number of carbonyl (C=O) groups excluding carboxylic acids is 2. The van der Waals surface area contributed by atoms with Gasteiger partial charge in [-0.2, -0.15) is 0 Å². The van der Waals surface area contributed by atoms with Crippen LogP contribution in [0.25, 0.3) is 6.08 Å². The summed E-state index contributed by atoms with van der Waals surface area (Å²) in [6.07, 6.45) is 7.26. The third kappa shape index (κ3) is 5.67. The second-order valence-corrected chi connectivity index (χ2v) is 11.3. The molecule has 3 aliphatic rings. The Bertz CT molecular complexity index is 1190. The van der Waals surface area contributed by atoms with Gasteiger partial charge in [-0.1, -0.05) is 30.3 Å². The maximum atomic E-state index is 13.3. The minimum atomic E-state index is -0.523. The number of rotatable bonds is 5. The van der Waals surface area contributed by atoms with E-state index in [1.54, 1.807) is 6.08 Å². The number of para-hydroxylation sites is 1. The van der Waals surface area contributed by atoms with E-state index in [0.29, 0.717) is 17.6 Å². The van der Waals surface area contributed by atoms with Crippen LogP contribution in [-0.4, -0.2) is 60.0 Å². The van der Waals surface area contributed by atoms with Gasteiger partial charge in [0.15, 0.2) is 11.5 Å². The van der Waals surface area contributed by atoms with Gasteiger partial charge in [0.2, 0.25) is 5.91 Å². The van der Waals surface area contributed by atoms with E-state index in [-0.39, 0.29) is 11.5 Å². The summed E-state index contributed by atoms with van der Waals surface area (Å²) in [6.45, 7) is 9.16. The SMILES string of the molecule is CC1(C)COc2cccc(CN3CCC4(CC3)CCN(C(=O)c3ccccc3/C=C/C(N)=O)CC4)c2O1. The Labute approximate surface area is 219 Å². The van der Waals surface area contributed by atoms with E-state index in [1.165, 1.54) is 11.6 Å². The highest BCUT2D eigenvalue weighted by atomic mass is 16.6. The molecule has 0 aromatic heterocycles. The first kappa shape index (κ1) is 25.3. The fraction of sp³-hybridized carbons (Fsp3) is 0.467. The van der Waals surface area contributed by atoms with E-state index in [2.05, 4.69) is 30.9 Å². The molecule has 2 aromatic rings. The summed E-state index contributed by atoms with van der Waals surface area (Å²) in [5.74, 6) is 1.23. The molecule has 7 nitrogen and oxygen atoms in total. The lowest BCUT2D eigenvalue weighted by atomic mass is 9.71. The number of carbonyl (C=O) groups is 2. The molecule has 196 valence electrons. The molecular formula is C30H37N3O4. The van der Waals surface area contributed by atoms with Crippen molar-refractivity contribution < 1.29 is 19.1 Å². The number of nitrogens with two attached hydrogens (primary N) is 1. The molecule has 2 saturated heterocycles. The highest BCUT2D eigenvalue weighted by molar-refractivity contribution is 5.99. The lowest BCUT2D eigenvalue weighted by molar-refractivity contribution is -0.113. The van der Waals surface area contributed by atoms with Crippen LogP contribution < -0.4 is 15.2 Å². The zero-order valence-corrected chi connectivity index (χ0v) is 21.9. The van der Waals surface area contributed by atoms with Crippen LogP contribution in [0.1, 0.15) is 61.0 Å². The summed E-state index contributed by atoms with van der Waals surface area (Å²) in [7, 11) is 0. The highest BCUT2D eigenvalue weighted by Crippen LogP contribution is 2.43. The van der Waals surface area contributed by atoms with Crippen LogP contribution in [0.4, 0.5) is 0 Å². The van der Waals surface area contributed by atoms with E-state index in [9.17, 15) is 9.59 Å². The van der Waals surface area contributed by atoms with Gasteiger partial charge in [0, 0.05) is 36.8 Å². The summed E-state index contributed by atoms with van der Waals surface area (Å²) in [6, 6.07) is 13.6. The van der Waals surface area contributed by atoms with Gasteiger partial charge >= 0.3 is 0 Å². The molecule has 0 unspecified atom stereocenters. The topological polar surface area (TPSA) is 85.1 Å². The summed E-state index contributed by atoms with van der Waals surface area (Å²) >= 11 is 0. The zero-order chi connectivity index (χ0) is 26.0. The van der Waals surface area contributed by atoms with E-state index in [1.807, 2.05) is 35.2 Å². The molecule has 0 radical (unpaired) electrons. The Morgan fingerprint density at radius 1 is 0.973 bits per heavy atom. The largest absolute Gasteiger partial charge is 0.486 e. The lowest BCUT2D eigenvalue weighted by Gasteiger charge is -2.47. The van der Waals surface area contributed by atoms with Crippen molar-refractivity contribution in [2.24, 2.45) is 11.1 Å². The molecule has 0 saturated carbocycles. The van der Waals surface area contributed by atoms with Crippen LogP contribution in [-0.2, 0) is 11.3 Å². The molecule has 2 amide bonds. The average Bonchev–Trinajstić information content (AvgIpc) is 2.89. The molecule has 5 rings (SSSR count). The predicted molar refractivity (Wildman–Crippen MR) is 143 cm³/mol. The van der Waals surface area contributed by atoms with Crippen molar-refractivity contribution in [1.82, 2.24) is 9.80 Å². The van der Waals surface area contributed by atoms with E-state index < -0.39 is 5.91 Å². The third-order valence-electron chi connectivity index (χ3n) is 8.05. The standard InChI is InChI=1S/C30H37N3O4/c1-29(2)21-36-25-9-5-7-23(27(25)37-29)20-32-16-12-30(13-17-32)14-18-33(19-15-30)28(35)24-8-4-3-6-22(24)10-11-26(31)34/h3-11H,12-21H2,1-2H3,(H2,31,34)/b11-10+. The smallest absolute Gasteiger partial charge is 0.254 e. The second kappa shape index (κ2) is 10.2. The van der Waals surface area contributed by atoms with Crippen molar-refractivity contribution in [3.05, 3.63) is 65.2 Å². The molecule has 1 spiro atoms. The molecule has 37 heavy (non-hydrogen) atoms. The van der Waals surface area contributed by atoms with Gasteiger partial charge in [-0.05, 0) is 81.8 Å². The summed E-state index contributed by atoms with van der Waals surface area (Å²) in [4.78, 5) is 28.9. The van der Waals surface area contributed by atoms with Gasteiger partial charge in [-0.3, -0.25) is 14.5 Å². The van der Waals surface area contributed by atoms with Gasteiger partial charge < -0.3 is 20.1 Å². The first-order chi connectivity index (χ1) is 17.7. The number of piperidine rings is 2. The Hall–Kier alpha value is -3.32. The van der Waals surface area contributed by atoms with Crippen LogP contribution >= 0.6 is 0 Å². The number of nitrogens with zero attached hydrogens (tertiary/aromatic N) is 2. The molecule has 0 aliphatic carbocycles. The molecule has 3 aliphatic heterocycles. The zero-order valence-electron chi connectivity index (χ0n) is 21.9. The van der Waals surface area contributed by atoms with Crippen molar-refractivity contribution in [1.29, 1.82) is 0 Å². The first-order valence-corrected chi connectivity index (χ1v) is 13.3. The van der Waals surface area contributed by atoms with E-state index >= 15 is 0 Å². The van der Waals surface area contributed by atoms with Crippen molar-refractivity contribution >= 4 is 17.9 Å². The molecule has 2 N–H and O–H groups in total. The minimum Gasteiger partial charge on any atom is -0.486 e. The highest BCUT2D eigenvalue weighted by Gasteiger charge is 2.39. The van der Waals surface area contributed by atoms with E-state index in [0.717, 1.165) is 75.5 Å². The quantitative estimate of drug-likeness (QED) is 0.617. The number of primary amides is 1. The number of amides is 2. The van der Waals surface area contributed by atoms with Crippen LogP contribution in [0.15, 0.2) is 48.5 Å². The van der Waals surface area contributed by atoms with Crippen molar-refractivity contribution in [2.45, 2.75) is 51.7 Å². The summed E-state index contributed by atoms with van der Waals surface area (Å²) in [5.41, 5.74) is 7.75. The monoisotopic (exact) mass is 503 g/mol. The molecule has 0 atom stereocenters. The van der Waals surface area contributed by atoms with Crippen molar-refractivity contribution in [3.8, 4) is 11.5 Å². The number of ether oxygens (including phenoxy) is 2. The van der Waals surface area contributed by atoms with Crippen LogP contribution in [0.3, 0.4) is 0 Å². The predicted octanol–water partition coefficient (Wildman–Crippen LogP) is 4.25. The van der Waals surface area contributed by atoms with Gasteiger partial charge in [-0.15, -0.1) is 0 Å². The maximum Gasteiger partial charge on any atom is 0.254 e. The molecular weight excluding hydrogens is 466 g/mol. The van der Waals surface area contributed by atoms with Crippen molar-refractivity contribution in [3.63, 3.8) is 0 Å². The molecule has 7 heteroatoms. The number of benzene rings is 2. The van der Waals surface area contributed by atoms with Gasteiger partial charge in [0.1, 0.15) is 12.2 Å². The van der Waals surface area contributed by atoms with Gasteiger partial charge in [0.05, 0.1) is 0 Å². The van der Waals surface area contributed by atoms with Crippen LogP contribution in [0.2, 0.25) is 0 Å². The molecule has 2 fully saturated rings. The number of fused-ring (bicyclic) bond motifs is 1. The van der Waals surface area contributed by atoms with Crippen LogP contribution in [0.5, 0.6) is 11.5 Å². The molecule has 2 aromatic carbocycles. The van der Waals surface area contributed by atoms with Crippen molar-refractivity contribution in [2.75, 3.05) is 32.8 Å². The number of hydrogen-bond donors (Lipinski definition) is 1. The fourth-order valence-electron chi connectivity index (χ4n) is 5.76. The third-order valence-corrected chi connectivity index (χ3v) is 8.05. The summed E-state index contributed by atoms with van der Waals surface area (Å²) < 4.78 is 12.2. The summed E-state index contributed by atoms with van der Waals surface area (Å²) in [5, 5.41) is 0. The van der Waals surface area contributed by atoms with Crippen LogP contribution in [0, 0.1) is 5.41 Å². The Kier molecular flexibility index (Phi) is 6.99. The number of likely N-dealkylation sites (tertiary alicyclic amines) is 2. The van der Waals surface area contributed by atoms with Gasteiger partial charge in [0.25, 0.3) is 5.91 Å². The fourth-order valence-corrected chi connectivity index (χ4v) is 5.76. The minimum absolute atomic E-state index is 0.0241. The number of hydrogen-bond acceptors (Lipinski definition) is 5. The Morgan fingerprint density at radius 2 is 1.68 bits per heavy atom. The maximum absolute atomic E-state index is 13.3. The normalized spacial score (nSPS) is 20.8. The second-order valence-electron chi connectivity index (χ2n) is 11.3. The molecule has 0 bridgehead atoms. The van der Waals surface area contributed by atoms with Gasteiger partial charge in [-0.25, -0.2) is 0 Å². The first-order valence-electron chi connectivity index (χ1n) is 13.3. The molecule has 3 heterocycles. The average molecular weight is 504 g/mol. The lowest BCUT2D eigenvalue weighted by Crippen LogP contribution is -2.48. The van der Waals surface area contributed by atoms with E-state index in [4.69, 9.17) is 15.2 Å². The Morgan fingerprint density at radius 3 is 2.41 bits per heavy atom.